The molecule has 0 aromatic rings. The second kappa shape index (κ2) is 7.65. The quantitative estimate of drug-likeness (QED) is 0.622. The number of aliphatic hydroxyl groups is 1. The van der Waals surface area contributed by atoms with E-state index in [-0.39, 0.29) is 46.3 Å². The van der Waals surface area contributed by atoms with Gasteiger partial charge < -0.3 is 14.7 Å². The van der Waals surface area contributed by atoms with Gasteiger partial charge in [-0.15, -0.1) is 0 Å². The summed E-state index contributed by atoms with van der Waals surface area (Å²) in [6, 6.07) is 0.530. The molecule has 0 unspecified atom stereocenters. The molecule has 5 heteroatoms. The lowest BCUT2D eigenvalue weighted by Gasteiger charge is -2.56. The second-order valence-corrected chi connectivity index (χ2v) is 13.0. The minimum atomic E-state index is -0.348. The van der Waals surface area contributed by atoms with Gasteiger partial charge >= 0.3 is 0 Å². The third kappa shape index (κ3) is 3.17. The van der Waals surface area contributed by atoms with Crippen LogP contribution in [0.15, 0.2) is 16.6 Å². The van der Waals surface area contributed by atoms with Gasteiger partial charge in [-0.2, -0.15) is 0 Å². The molecule has 10 atom stereocenters. The van der Waals surface area contributed by atoms with Gasteiger partial charge in [0.15, 0.2) is 5.90 Å². The SMILES string of the molecule is CC1=N[C@H]2CC=C3C[C@H]4C(=O)C[C@]5(C)[C@@H]([C@H](C)N(C)C)[C@H](O)C[C@@]5(C)[C@@H]4CC[C@H]3[C@]2(C)CO1. The molecule has 0 aromatic heterocycles. The fourth-order valence-electron chi connectivity index (χ4n) is 9.19. The maximum Gasteiger partial charge on any atom is 0.180 e. The fraction of sp³-hybridized carbons (Fsp3) is 0.857. The highest BCUT2D eigenvalue weighted by Gasteiger charge is 2.68. The number of Topliss-reactive ketones (excluding diaryl/α,β-unsaturated/α-hetero) is 1. The molecule has 1 heterocycles. The molecule has 0 bridgehead atoms. The molecular weight excluding hydrogens is 412 g/mol. The van der Waals surface area contributed by atoms with Gasteiger partial charge in [0, 0.05) is 36.6 Å². The average Bonchev–Trinajstić information content (AvgIpc) is 2.86. The van der Waals surface area contributed by atoms with Crippen molar-refractivity contribution in [2.45, 2.75) is 91.3 Å². The number of hydrogen-bond donors (Lipinski definition) is 1. The molecule has 0 saturated heterocycles. The topological polar surface area (TPSA) is 62.1 Å². The molecule has 0 aromatic carbocycles. The van der Waals surface area contributed by atoms with Crippen LogP contribution >= 0.6 is 0 Å². The van der Waals surface area contributed by atoms with E-state index in [2.05, 4.69) is 52.8 Å². The van der Waals surface area contributed by atoms with Crippen LogP contribution in [0.4, 0.5) is 0 Å². The zero-order valence-corrected chi connectivity index (χ0v) is 21.7. The minimum absolute atomic E-state index is 0.0154. The Balaban J connectivity index is 1.51. The smallest absolute Gasteiger partial charge is 0.180 e. The molecule has 184 valence electrons. The van der Waals surface area contributed by atoms with Gasteiger partial charge in [-0.1, -0.05) is 32.4 Å². The summed E-state index contributed by atoms with van der Waals surface area (Å²) in [4.78, 5) is 20.9. The normalized spacial score (nSPS) is 50.2. The number of fused-ring (bicyclic) bond motifs is 6. The van der Waals surface area contributed by atoms with Gasteiger partial charge in [0.05, 0.1) is 18.8 Å². The molecular formula is C28H44N2O3. The summed E-state index contributed by atoms with van der Waals surface area (Å²) in [5.41, 5.74) is 1.31. The molecule has 5 nitrogen and oxygen atoms in total. The van der Waals surface area contributed by atoms with Gasteiger partial charge in [-0.3, -0.25) is 9.79 Å². The molecule has 3 fully saturated rings. The lowest BCUT2D eigenvalue weighted by molar-refractivity contribution is -0.147. The maximum absolute atomic E-state index is 13.8. The second-order valence-electron chi connectivity index (χ2n) is 13.0. The monoisotopic (exact) mass is 456 g/mol. The summed E-state index contributed by atoms with van der Waals surface area (Å²) in [6.07, 6.45) is 7.52. The molecule has 1 aliphatic heterocycles. The number of allylic oxidation sites excluding steroid dienone is 1. The van der Waals surface area contributed by atoms with Gasteiger partial charge in [0.25, 0.3) is 0 Å². The molecule has 5 aliphatic rings. The highest BCUT2D eigenvalue weighted by molar-refractivity contribution is 5.84. The Bertz CT molecular complexity index is 896. The van der Waals surface area contributed by atoms with E-state index in [1.807, 2.05) is 6.92 Å². The highest BCUT2D eigenvalue weighted by atomic mass is 16.5. The van der Waals surface area contributed by atoms with Crippen molar-refractivity contribution in [3.8, 4) is 0 Å². The van der Waals surface area contributed by atoms with E-state index in [9.17, 15) is 9.90 Å². The number of carbonyl (C=O) groups is 1. The number of rotatable bonds is 2. The minimum Gasteiger partial charge on any atom is -0.481 e. The van der Waals surface area contributed by atoms with Crippen molar-refractivity contribution in [1.29, 1.82) is 0 Å². The Morgan fingerprint density at radius 1 is 1.21 bits per heavy atom. The van der Waals surface area contributed by atoms with Crippen LogP contribution in [0.25, 0.3) is 0 Å². The number of ether oxygens (including phenoxy) is 1. The third-order valence-corrected chi connectivity index (χ3v) is 11.4. The predicted octanol–water partition coefficient (Wildman–Crippen LogP) is 4.49. The van der Waals surface area contributed by atoms with Crippen molar-refractivity contribution in [1.82, 2.24) is 4.90 Å². The fourth-order valence-corrected chi connectivity index (χ4v) is 9.19. The van der Waals surface area contributed by atoms with Crippen molar-refractivity contribution in [2.75, 3.05) is 20.7 Å². The lowest BCUT2D eigenvalue weighted by Crippen LogP contribution is -2.55. The molecule has 33 heavy (non-hydrogen) atoms. The molecule has 4 aliphatic carbocycles. The summed E-state index contributed by atoms with van der Waals surface area (Å²) in [6.45, 7) is 12.0. The summed E-state index contributed by atoms with van der Waals surface area (Å²) < 4.78 is 5.98. The Hall–Kier alpha value is -1.20. The van der Waals surface area contributed by atoms with Crippen LogP contribution in [-0.4, -0.2) is 60.6 Å². The third-order valence-electron chi connectivity index (χ3n) is 11.4. The van der Waals surface area contributed by atoms with E-state index in [4.69, 9.17) is 9.73 Å². The Morgan fingerprint density at radius 2 is 1.94 bits per heavy atom. The molecule has 1 N–H and O–H groups in total. The number of carbonyl (C=O) groups excluding carboxylic acids is 1. The lowest BCUT2D eigenvalue weighted by atomic mass is 9.48. The highest BCUT2D eigenvalue weighted by Crippen LogP contribution is 2.69. The molecule has 5 rings (SSSR count). The van der Waals surface area contributed by atoms with Crippen LogP contribution in [0.3, 0.4) is 0 Å². The Kier molecular flexibility index (Phi) is 5.46. The Morgan fingerprint density at radius 3 is 2.64 bits per heavy atom. The van der Waals surface area contributed by atoms with E-state index in [1.54, 1.807) is 0 Å². The molecule has 0 radical (unpaired) electrons. The van der Waals surface area contributed by atoms with Crippen LogP contribution in [0.1, 0.15) is 73.1 Å². The van der Waals surface area contributed by atoms with Crippen LogP contribution < -0.4 is 0 Å². The van der Waals surface area contributed by atoms with Crippen molar-refractivity contribution < 1.29 is 14.6 Å². The van der Waals surface area contributed by atoms with Crippen molar-refractivity contribution in [3.63, 3.8) is 0 Å². The summed E-state index contributed by atoms with van der Waals surface area (Å²) in [5.74, 6) is 2.24. The van der Waals surface area contributed by atoms with Crippen molar-refractivity contribution >= 4 is 11.7 Å². The van der Waals surface area contributed by atoms with Crippen molar-refractivity contribution in [2.24, 2.45) is 44.9 Å². The first kappa shape index (κ1) is 23.5. The standard InChI is InChI=1S/C28H44N2O3/c1-16(30(6)7)25-23(32)14-27(4)21-10-9-20-18(12-19(21)22(31)13-28(25,27)5)8-11-24-26(20,3)15-33-17(2)29-24/h8,16,19-21,23-25,32H,9-15H2,1-7H3/t16-,19+,20+,21+,23+,24-,25-,26-,27-,28+/m0/s1. The Labute approximate surface area is 200 Å². The molecule has 3 saturated carbocycles. The molecule has 0 spiro atoms. The first-order chi connectivity index (χ1) is 15.4. The van der Waals surface area contributed by atoms with E-state index < -0.39 is 0 Å². The van der Waals surface area contributed by atoms with Gasteiger partial charge in [0.2, 0.25) is 0 Å². The summed E-state index contributed by atoms with van der Waals surface area (Å²) in [7, 11) is 4.19. The first-order valence-electron chi connectivity index (χ1n) is 13.2. The van der Waals surface area contributed by atoms with Crippen molar-refractivity contribution in [3.05, 3.63) is 11.6 Å². The van der Waals surface area contributed by atoms with E-state index in [0.29, 0.717) is 24.0 Å². The zero-order chi connectivity index (χ0) is 23.9. The number of aliphatic imine (C=N–C) groups is 1. The van der Waals surface area contributed by atoms with Gasteiger partial charge in [-0.05, 0) is 75.8 Å². The summed E-state index contributed by atoms with van der Waals surface area (Å²) in [5, 5.41) is 11.4. The van der Waals surface area contributed by atoms with Crippen LogP contribution in [0.5, 0.6) is 0 Å². The number of ketones is 1. The van der Waals surface area contributed by atoms with Gasteiger partial charge in [-0.25, -0.2) is 0 Å². The largest absolute Gasteiger partial charge is 0.481 e. The number of nitrogens with zero attached hydrogens (tertiary/aromatic N) is 2. The average molecular weight is 457 g/mol. The first-order valence-corrected chi connectivity index (χ1v) is 13.2. The zero-order valence-electron chi connectivity index (χ0n) is 21.7. The van der Waals surface area contributed by atoms with Crippen LogP contribution in [0.2, 0.25) is 0 Å². The maximum atomic E-state index is 13.8. The summed E-state index contributed by atoms with van der Waals surface area (Å²) >= 11 is 0. The number of hydrogen-bond acceptors (Lipinski definition) is 5. The van der Waals surface area contributed by atoms with Crippen LogP contribution in [0, 0.1) is 39.9 Å². The van der Waals surface area contributed by atoms with Gasteiger partial charge in [0.1, 0.15) is 5.78 Å². The number of aliphatic hydroxyl groups excluding tert-OH is 1. The predicted molar refractivity (Wildman–Crippen MR) is 131 cm³/mol. The molecule has 0 amide bonds. The van der Waals surface area contributed by atoms with E-state index >= 15 is 0 Å². The van der Waals surface area contributed by atoms with E-state index in [1.165, 1.54) is 5.57 Å². The van der Waals surface area contributed by atoms with E-state index in [0.717, 1.165) is 44.6 Å². The van der Waals surface area contributed by atoms with Crippen LogP contribution in [-0.2, 0) is 9.53 Å².